The number of nitrogens with zero attached hydrogens (tertiary/aromatic N) is 3. The number of rotatable bonds is 5. The molecule has 24 heavy (non-hydrogen) atoms. The monoisotopic (exact) mass is 370 g/mol. The Bertz CT molecular complexity index is 607. The van der Waals surface area contributed by atoms with Crippen molar-refractivity contribution in [3.8, 4) is 11.3 Å². The van der Waals surface area contributed by atoms with Crippen molar-refractivity contribution in [1.29, 1.82) is 0 Å². The Morgan fingerprint density at radius 2 is 1.79 bits per heavy atom. The highest BCUT2D eigenvalue weighted by atomic mass is 35.5. The van der Waals surface area contributed by atoms with E-state index in [4.69, 9.17) is 4.74 Å². The molecule has 2 heterocycles. The Kier molecular flexibility index (Phi) is 9.00. The highest BCUT2D eigenvalue weighted by Gasteiger charge is 2.10. The molecule has 0 saturated carbocycles. The van der Waals surface area contributed by atoms with E-state index in [1.807, 2.05) is 18.2 Å². The maximum Gasteiger partial charge on any atom is 0.151 e. The fourth-order valence-electron chi connectivity index (χ4n) is 2.57. The maximum atomic E-state index is 5.35. The lowest BCUT2D eigenvalue weighted by Gasteiger charge is -2.26. The molecule has 0 unspecified atom stereocenters. The summed E-state index contributed by atoms with van der Waals surface area (Å²) in [5, 5.41) is 12.0. The highest BCUT2D eigenvalue weighted by molar-refractivity contribution is 5.85. The third-order valence-corrected chi connectivity index (χ3v) is 3.88. The molecule has 3 rings (SSSR count). The first kappa shape index (κ1) is 20.6. The molecule has 1 fully saturated rings. The van der Waals surface area contributed by atoms with Crippen LogP contribution < -0.4 is 5.32 Å². The molecule has 0 aliphatic carbocycles. The lowest BCUT2D eigenvalue weighted by Crippen LogP contribution is -2.39. The van der Waals surface area contributed by atoms with Crippen molar-refractivity contribution < 1.29 is 4.74 Å². The average molecular weight is 371 g/mol. The van der Waals surface area contributed by atoms with Gasteiger partial charge in [-0.05, 0) is 18.6 Å². The van der Waals surface area contributed by atoms with Gasteiger partial charge in [0.2, 0.25) is 0 Å². The largest absolute Gasteiger partial charge is 0.379 e. The van der Waals surface area contributed by atoms with Crippen molar-refractivity contribution in [2.75, 3.05) is 44.7 Å². The van der Waals surface area contributed by atoms with Gasteiger partial charge >= 0.3 is 0 Å². The van der Waals surface area contributed by atoms with Gasteiger partial charge in [0.15, 0.2) is 5.82 Å². The summed E-state index contributed by atoms with van der Waals surface area (Å²) in [5.74, 6) is 0.868. The standard InChI is InChI=1S/C17H22N4O.2ClH/c1-14-13-16(15-5-3-2-4-6-15)19-20-17(14)18-7-8-21-9-11-22-12-10-21;;/h2-6,13H,7-12H2,1H3,(H,18,20);2*1H. The normalized spacial score (nSPS) is 14.4. The second-order valence-corrected chi connectivity index (χ2v) is 5.51. The van der Waals surface area contributed by atoms with Gasteiger partial charge in [-0.25, -0.2) is 0 Å². The van der Waals surface area contributed by atoms with E-state index in [0.29, 0.717) is 0 Å². The minimum Gasteiger partial charge on any atom is -0.379 e. The molecule has 1 saturated heterocycles. The topological polar surface area (TPSA) is 50.3 Å². The molecule has 1 aromatic heterocycles. The summed E-state index contributed by atoms with van der Waals surface area (Å²) >= 11 is 0. The molecule has 1 aliphatic heterocycles. The van der Waals surface area contributed by atoms with Gasteiger partial charge in [0.25, 0.3) is 0 Å². The molecule has 0 atom stereocenters. The third kappa shape index (κ3) is 5.60. The van der Waals surface area contributed by atoms with E-state index >= 15 is 0 Å². The van der Waals surface area contributed by atoms with Crippen molar-refractivity contribution in [3.63, 3.8) is 0 Å². The van der Waals surface area contributed by atoms with E-state index in [2.05, 4.69) is 45.5 Å². The highest BCUT2D eigenvalue weighted by Crippen LogP contribution is 2.19. The summed E-state index contributed by atoms with van der Waals surface area (Å²) in [6.45, 7) is 7.65. The van der Waals surface area contributed by atoms with Crippen LogP contribution in [0.3, 0.4) is 0 Å². The van der Waals surface area contributed by atoms with Crippen LogP contribution >= 0.6 is 24.8 Å². The molecule has 1 aromatic carbocycles. The number of anilines is 1. The van der Waals surface area contributed by atoms with E-state index in [-0.39, 0.29) is 24.8 Å². The van der Waals surface area contributed by atoms with Crippen molar-refractivity contribution in [1.82, 2.24) is 15.1 Å². The lowest BCUT2D eigenvalue weighted by atomic mass is 10.1. The predicted octanol–water partition coefficient (Wildman–Crippen LogP) is 3.04. The predicted molar refractivity (Wildman–Crippen MR) is 102 cm³/mol. The SMILES string of the molecule is Cc1cc(-c2ccccc2)nnc1NCCN1CCOCC1.Cl.Cl. The fraction of sp³-hybridized carbons (Fsp3) is 0.412. The number of hydrogen-bond donors (Lipinski definition) is 1. The van der Waals surface area contributed by atoms with Crippen LogP contribution in [0.1, 0.15) is 5.56 Å². The molecule has 0 spiro atoms. The molecule has 132 valence electrons. The first-order valence-corrected chi connectivity index (χ1v) is 7.76. The summed E-state index contributed by atoms with van der Waals surface area (Å²) in [6, 6.07) is 12.2. The van der Waals surface area contributed by atoms with Crippen LogP contribution in [0.4, 0.5) is 5.82 Å². The minimum absolute atomic E-state index is 0. The maximum absolute atomic E-state index is 5.35. The smallest absolute Gasteiger partial charge is 0.151 e. The van der Waals surface area contributed by atoms with Crippen molar-refractivity contribution >= 4 is 30.6 Å². The summed E-state index contributed by atoms with van der Waals surface area (Å²) in [6.07, 6.45) is 0. The number of benzene rings is 1. The second-order valence-electron chi connectivity index (χ2n) is 5.51. The van der Waals surface area contributed by atoms with Gasteiger partial charge in [-0.3, -0.25) is 4.90 Å². The second kappa shape index (κ2) is 10.5. The van der Waals surface area contributed by atoms with Gasteiger partial charge in [0.1, 0.15) is 0 Å². The number of halogens is 2. The quantitative estimate of drug-likeness (QED) is 0.876. The first-order chi connectivity index (χ1) is 10.8. The van der Waals surface area contributed by atoms with Crippen molar-refractivity contribution in [2.45, 2.75) is 6.92 Å². The molecular formula is C17H24Cl2N4O. The zero-order valence-electron chi connectivity index (χ0n) is 13.8. The molecule has 5 nitrogen and oxygen atoms in total. The minimum atomic E-state index is 0. The Hall–Kier alpha value is -1.40. The number of ether oxygens (including phenoxy) is 1. The molecule has 1 N–H and O–H groups in total. The molecule has 0 bridgehead atoms. The molecular weight excluding hydrogens is 347 g/mol. The van der Waals surface area contributed by atoms with Crippen LogP contribution in [0.25, 0.3) is 11.3 Å². The van der Waals surface area contributed by atoms with Crippen LogP contribution in [0, 0.1) is 6.92 Å². The third-order valence-electron chi connectivity index (χ3n) is 3.88. The summed E-state index contributed by atoms with van der Waals surface area (Å²) < 4.78 is 5.35. The van der Waals surface area contributed by atoms with E-state index in [1.54, 1.807) is 0 Å². The van der Waals surface area contributed by atoms with Crippen LogP contribution in [0.2, 0.25) is 0 Å². The average Bonchev–Trinajstić information content (AvgIpc) is 2.58. The summed E-state index contributed by atoms with van der Waals surface area (Å²) in [7, 11) is 0. The first-order valence-electron chi connectivity index (χ1n) is 7.76. The number of aromatic nitrogens is 2. The Balaban J connectivity index is 0.00000144. The van der Waals surface area contributed by atoms with Crippen molar-refractivity contribution in [3.05, 3.63) is 42.0 Å². The molecule has 2 aromatic rings. The molecule has 7 heteroatoms. The van der Waals surface area contributed by atoms with Crippen LogP contribution in [0.5, 0.6) is 0 Å². The summed E-state index contributed by atoms with van der Waals surface area (Å²) in [5.41, 5.74) is 3.13. The van der Waals surface area contributed by atoms with E-state index in [9.17, 15) is 0 Å². The number of aryl methyl sites for hydroxylation is 1. The van der Waals surface area contributed by atoms with Crippen LogP contribution in [0.15, 0.2) is 36.4 Å². The van der Waals surface area contributed by atoms with Gasteiger partial charge in [-0.1, -0.05) is 30.3 Å². The zero-order valence-corrected chi connectivity index (χ0v) is 15.4. The Morgan fingerprint density at radius 1 is 1.08 bits per heavy atom. The number of hydrogen-bond acceptors (Lipinski definition) is 5. The van der Waals surface area contributed by atoms with Gasteiger partial charge < -0.3 is 10.1 Å². The van der Waals surface area contributed by atoms with Gasteiger partial charge in [-0.2, -0.15) is 0 Å². The Labute approximate surface area is 155 Å². The van der Waals surface area contributed by atoms with E-state index < -0.39 is 0 Å². The van der Waals surface area contributed by atoms with E-state index in [0.717, 1.165) is 62.0 Å². The number of morpholine rings is 1. The molecule has 0 radical (unpaired) electrons. The fourth-order valence-corrected chi connectivity index (χ4v) is 2.57. The van der Waals surface area contributed by atoms with Crippen molar-refractivity contribution in [2.24, 2.45) is 0 Å². The van der Waals surface area contributed by atoms with Gasteiger partial charge in [0.05, 0.1) is 18.9 Å². The lowest BCUT2D eigenvalue weighted by molar-refractivity contribution is 0.0398. The number of nitrogens with one attached hydrogen (secondary N) is 1. The zero-order chi connectivity index (χ0) is 15.2. The van der Waals surface area contributed by atoms with Crippen LogP contribution in [-0.4, -0.2) is 54.5 Å². The van der Waals surface area contributed by atoms with E-state index in [1.165, 1.54) is 0 Å². The van der Waals surface area contributed by atoms with Gasteiger partial charge in [-0.15, -0.1) is 35.0 Å². The van der Waals surface area contributed by atoms with Gasteiger partial charge in [0, 0.05) is 31.7 Å². The Morgan fingerprint density at radius 3 is 2.46 bits per heavy atom. The molecule has 1 aliphatic rings. The van der Waals surface area contributed by atoms with Crippen LogP contribution in [-0.2, 0) is 4.74 Å². The summed E-state index contributed by atoms with van der Waals surface area (Å²) in [4.78, 5) is 2.40. The molecule has 0 amide bonds.